The van der Waals surface area contributed by atoms with E-state index in [0.29, 0.717) is 69.7 Å². The topological polar surface area (TPSA) is 306 Å². The molecule has 3 aliphatic heterocycles. The number of aromatic carboxylic acids is 1. The summed E-state index contributed by atoms with van der Waals surface area (Å²) in [7, 11) is -0.314. The first-order chi connectivity index (χ1) is 30.7. The summed E-state index contributed by atoms with van der Waals surface area (Å²) in [6.07, 6.45) is 2.46. The number of thiazole rings is 1. The van der Waals surface area contributed by atoms with Crippen LogP contribution in [0.15, 0.2) is 29.6 Å². The molecular weight excluding hydrogens is 928 g/mol. The number of benzene rings is 1. The van der Waals surface area contributed by atoms with Crippen LogP contribution in [0.4, 0.5) is 16.0 Å². The number of likely N-dealkylation sites (N-methyl/N-ethyl adjacent to an activating group) is 1. The predicted molar refractivity (Wildman–Crippen MR) is 263 cm³/mol. The third-order valence-corrected chi connectivity index (χ3v) is 13.1. The van der Waals surface area contributed by atoms with E-state index in [1.165, 1.54) is 35.0 Å². The van der Waals surface area contributed by atoms with E-state index in [1.807, 2.05) is 33.3 Å². The van der Waals surface area contributed by atoms with Crippen molar-refractivity contribution in [3.63, 3.8) is 0 Å². The number of carbonyl (C=O) groups excluding carboxylic acids is 4. The molecule has 372 valence electrons. The van der Waals surface area contributed by atoms with Crippen molar-refractivity contribution in [2.45, 2.75) is 118 Å². The van der Waals surface area contributed by atoms with E-state index in [4.69, 9.17) is 16.6 Å². The van der Waals surface area contributed by atoms with Crippen molar-refractivity contribution < 1.29 is 62.3 Å². The van der Waals surface area contributed by atoms with Crippen molar-refractivity contribution in [2.75, 3.05) is 50.5 Å². The van der Waals surface area contributed by atoms with Crippen LogP contribution in [-0.4, -0.2) is 103 Å². The normalized spacial score (nSPS) is 20.9. The molecule has 3 saturated heterocycles. The zero-order valence-corrected chi connectivity index (χ0v) is 46.0. The number of nitrogens with two attached hydrogens (primary N) is 3. The van der Waals surface area contributed by atoms with E-state index in [1.54, 1.807) is 21.8 Å². The third-order valence-electron chi connectivity index (χ3n) is 11.4. The molecule has 5 heterocycles. The second-order valence-electron chi connectivity index (χ2n) is 18.6. The summed E-state index contributed by atoms with van der Waals surface area (Å²) in [5, 5.41) is 30.9. The Morgan fingerprint density at radius 1 is 0.761 bits per heavy atom. The predicted octanol–water partition coefficient (Wildman–Crippen LogP) is 0.368. The quantitative estimate of drug-likeness (QED) is 0.120. The molecule has 1 aromatic carbocycles. The van der Waals surface area contributed by atoms with Gasteiger partial charge in [0.25, 0.3) is 16.1 Å². The number of nitrogen functional groups attached to an aromatic ring is 2. The molecule has 3 aliphatic rings. The Bertz CT molecular complexity index is 2060. The Morgan fingerprint density at radius 3 is 1.60 bits per heavy atom. The van der Waals surface area contributed by atoms with Gasteiger partial charge in [0, 0.05) is 42.6 Å². The molecule has 11 N–H and O–H groups in total. The number of hydrogen-bond donors (Lipinski definition) is 8. The molecular formula is C44H75N12NaO7S3. The standard InChI is InChI=1S/C15H20N2O3.C10H20N2O.C8H17N3O3S.C6H10N2S.C5H9N3S.Na/c1-9(2)11-7-13(16-8-11)14(18)17-12-5-3-4-10(6-12)15(19)20;1-7(2)8-5-9(11-6-8)10(13)12(3)4;1-5(2)6-3-7(10-4-6)8(12)11-15(9,13)14;1-4(2)5-3-9-6(7)8-5;1-3(2)4-7-5(6)9-8-4;/h3-6,9,11,13,16H,7-8H2,1-2H3,(H,17,18)(H,19,20);7-9,11H,5-6H2,1-4H3;5-7,10H,3-4H2,1-2H3,(H,11,12)(H2,9,13,14);3-4H,1-2H3,(H2,7,8);3H,1-2H3,(H2,6,7,8);/q;;;;;+1/p-1/t11-,13?;8-,9?;6-,7-;;;/m001.../s1. The molecule has 0 spiro atoms. The van der Waals surface area contributed by atoms with Gasteiger partial charge in [0.1, 0.15) is 5.82 Å². The zero-order chi connectivity index (χ0) is 50.1. The summed E-state index contributed by atoms with van der Waals surface area (Å²) in [5.74, 6) is 3.26. The van der Waals surface area contributed by atoms with Gasteiger partial charge >= 0.3 is 29.6 Å². The van der Waals surface area contributed by atoms with Crippen LogP contribution in [0.1, 0.15) is 122 Å². The van der Waals surface area contributed by atoms with E-state index < -0.39 is 28.1 Å². The summed E-state index contributed by atoms with van der Waals surface area (Å²) >= 11 is 2.75. The fourth-order valence-electron chi connectivity index (χ4n) is 6.92. The van der Waals surface area contributed by atoms with Crippen LogP contribution >= 0.6 is 22.9 Å². The molecule has 3 aromatic rings. The zero-order valence-electron chi connectivity index (χ0n) is 41.6. The Hall–Kier alpha value is -3.32. The molecule has 67 heavy (non-hydrogen) atoms. The number of carboxylic acid groups (broad SMARTS) is 1. The van der Waals surface area contributed by atoms with Gasteiger partial charge in [-0.05, 0) is 98.0 Å². The van der Waals surface area contributed by atoms with Crippen LogP contribution in [0, 0.1) is 35.5 Å². The largest absolute Gasteiger partial charge is 1.00 e. The van der Waals surface area contributed by atoms with Crippen LogP contribution < -0.4 is 77.3 Å². The monoisotopic (exact) mass is 1000 g/mol. The molecule has 3 fully saturated rings. The summed E-state index contributed by atoms with van der Waals surface area (Å²) in [4.78, 5) is 55.6. The fourth-order valence-corrected chi connectivity index (χ4v) is 8.64. The third kappa shape index (κ3) is 22.8. The van der Waals surface area contributed by atoms with Crippen molar-refractivity contribution in [3.8, 4) is 0 Å². The smallest absolute Gasteiger partial charge is 0.545 e. The number of carbonyl (C=O) groups is 4. The van der Waals surface area contributed by atoms with Crippen molar-refractivity contribution >= 4 is 72.7 Å². The van der Waals surface area contributed by atoms with Gasteiger partial charge in [-0.1, -0.05) is 81.4 Å². The molecule has 3 amide bonds. The molecule has 0 bridgehead atoms. The second kappa shape index (κ2) is 29.7. The van der Waals surface area contributed by atoms with Crippen molar-refractivity contribution in [3.05, 3.63) is 46.7 Å². The summed E-state index contributed by atoms with van der Waals surface area (Å²) in [6, 6.07) is 5.49. The maximum Gasteiger partial charge on any atom is 1.00 e. The van der Waals surface area contributed by atoms with E-state index in [-0.39, 0.29) is 59.0 Å². The number of anilines is 3. The van der Waals surface area contributed by atoms with Crippen molar-refractivity contribution in [2.24, 2.45) is 40.6 Å². The minimum atomic E-state index is -3.94. The number of carboxylic acids is 1. The molecule has 0 radical (unpaired) electrons. The number of aromatic nitrogens is 3. The molecule has 19 nitrogen and oxygen atoms in total. The van der Waals surface area contributed by atoms with Gasteiger partial charge in [0.05, 0.1) is 29.8 Å². The van der Waals surface area contributed by atoms with Gasteiger partial charge in [-0.3, -0.25) is 14.4 Å². The second-order valence-corrected chi connectivity index (χ2v) is 21.6. The fraction of sp³-hybridized carbons (Fsp3) is 0.659. The van der Waals surface area contributed by atoms with Crippen LogP contribution in [0.5, 0.6) is 0 Å². The molecule has 2 unspecified atom stereocenters. The van der Waals surface area contributed by atoms with Gasteiger partial charge < -0.3 is 47.5 Å². The SMILES string of the molecule is CC(C)[C@@H]1CNC(C(=O)N(C)C)C1.CC(C)[C@@H]1CNC(C(=O)Nc2cccc(C(=O)[O-])c2)C1.CC(C)[C@H]1CN[C@@H](C(=O)NS(N)(=O)=O)C1.CC(C)c1csc(N)n1.CC(C)c1nsc(N)n1.[Na+]. The van der Waals surface area contributed by atoms with Crippen LogP contribution in [0.2, 0.25) is 0 Å². The van der Waals surface area contributed by atoms with Crippen LogP contribution in [-0.2, 0) is 24.6 Å². The summed E-state index contributed by atoms with van der Waals surface area (Å²) in [6.45, 7) is 23.7. The minimum absolute atomic E-state index is 0. The Balaban J connectivity index is 0.000000431. The van der Waals surface area contributed by atoms with Gasteiger partial charge in [0.2, 0.25) is 11.8 Å². The summed E-state index contributed by atoms with van der Waals surface area (Å²) < 4.78 is 27.1. The number of rotatable bonds is 11. The number of nitrogens with one attached hydrogen (secondary N) is 5. The molecule has 0 saturated carbocycles. The molecule has 0 aliphatic carbocycles. The van der Waals surface area contributed by atoms with E-state index >= 15 is 0 Å². The molecule has 6 rings (SSSR count). The van der Waals surface area contributed by atoms with Crippen molar-refractivity contribution in [1.29, 1.82) is 0 Å². The van der Waals surface area contributed by atoms with Crippen LogP contribution in [0.3, 0.4) is 0 Å². The average molecular weight is 1000 g/mol. The maximum absolute atomic E-state index is 12.1. The molecule has 23 heteroatoms. The Morgan fingerprint density at radius 2 is 1.25 bits per heavy atom. The Labute approximate surface area is 428 Å². The van der Waals surface area contributed by atoms with Gasteiger partial charge in [0.15, 0.2) is 10.3 Å². The first-order valence-corrected chi connectivity index (χ1v) is 25.6. The van der Waals surface area contributed by atoms with E-state index in [0.717, 1.165) is 44.0 Å². The van der Waals surface area contributed by atoms with Gasteiger partial charge in [-0.15, -0.1) is 11.3 Å². The first-order valence-electron chi connectivity index (χ1n) is 22.4. The average Bonchev–Trinajstić information content (AvgIpc) is 4.08. The first kappa shape index (κ1) is 61.7. The van der Waals surface area contributed by atoms with Crippen molar-refractivity contribution in [1.82, 2.24) is 39.9 Å². The maximum atomic E-state index is 12.1. The minimum Gasteiger partial charge on any atom is -0.545 e. The molecule has 6 atom stereocenters. The van der Waals surface area contributed by atoms with Crippen LogP contribution in [0.25, 0.3) is 0 Å². The number of hydrogen-bond acceptors (Lipinski definition) is 17. The molecule has 2 aromatic heterocycles. The number of amides is 3. The number of nitrogens with zero attached hydrogens (tertiary/aromatic N) is 4. The van der Waals surface area contributed by atoms with Gasteiger partial charge in [-0.2, -0.15) is 12.8 Å². The summed E-state index contributed by atoms with van der Waals surface area (Å²) in [5.41, 5.74) is 12.4. The van der Waals surface area contributed by atoms with E-state index in [9.17, 15) is 32.7 Å². The Kier molecular flexibility index (Phi) is 27.3. The van der Waals surface area contributed by atoms with E-state index in [2.05, 4.69) is 91.0 Å². The van der Waals surface area contributed by atoms with Gasteiger partial charge in [-0.25, -0.2) is 19.8 Å².